The van der Waals surface area contributed by atoms with Crippen molar-refractivity contribution in [2.24, 2.45) is 5.73 Å². The summed E-state index contributed by atoms with van der Waals surface area (Å²) in [6, 6.07) is 18.0. The number of rotatable bonds is 13. The molecule has 228 valence electrons. The molecule has 1 aliphatic rings. The number of aliphatic hydroxyl groups excluding tert-OH is 1. The van der Waals surface area contributed by atoms with Gasteiger partial charge in [-0.05, 0) is 41.7 Å². The zero-order valence-corrected chi connectivity index (χ0v) is 25.0. The number of benzene rings is 3. The summed E-state index contributed by atoms with van der Waals surface area (Å²) < 4.78 is 5.33. The smallest absolute Gasteiger partial charge is 0.246 e. The minimum atomic E-state index is -0.964. The van der Waals surface area contributed by atoms with Gasteiger partial charge in [-0.3, -0.25) is 19.2 Å². The monoisotopic (exact) mass is 606 g/mol. The van der Waals surface area contributed by atoms with Crippen LogP contribution in [-0.4, -0.2) is 77.1 Å². The van der Waals surface area contributed by atoms with Crippen LogP contribution in [-0.2, 0) is 32.0 Å². The first-order valence-electron chi connectivity index (χ1n) is 14.3. The number of carbonyl (C=O) groups excluding carboxylic acids is 4. The number of piperidine rings is 1. The summed E-state index contributed by atoms with van der Waals surface area (Å²) in [5, 5.41) is 17.1. The normalized spacial score (nSPS) is 16.2. The Labute approximate surface area is 255 Å². The molecule has 0 unspecified atom stereocenters. The highest BCUT2D eigenvalue weighted by Gasteiger charge is 2.37. The number of primary amides is 1. The van der Waals surface area contributed by atoms with Crippen molar-refractivity contribution < 1.29 is 29.0 Å². The molecule has 4 amide bonds. The van der Waals surface area contributed by atoms with Gasteiger partial charge in [0.05, 0.1) is 19.5 Å². The molecule has 5 N–H and O–H groups in total. The molecular weight excluding hydrogens is 568 g/mol. The maximum atomic E-state index is 13.8. The standard InChI is InChI=1S/C32H38N4O6S/c1-42-28-12-5-4-10-24(28)18-29(38)34-26(19-43-20-37)32(41)36-15-7-6-11-27(36)31(40)35-25(30(33)39)17-21-13-14-22-8-2-3-9-23(22)16-21/h2-5,8-10,12-14,16,25-27,37H,6-7,11,15,17-20H2,1H3,(H2,33,39)(H,34,38)(H,35,40)/t25-,26-,27-/m0/s1. The number of nitrogens with two attached hydrogens (primary N) is 1. The van der Waals surface area contributed by atoms with Crippen molar-refractivity contribution in [3.63, 3.8) is 0 Å². The van der Waals surface area contributed by atoms with E-state index in [1.807, 2.05) is 42.5 Å². The fraction of sp³-hybridized carbons (Fsp3) is 0.375. The van der Waals surface area contributed by atoms with Gasteiger partial charge in [0, 0.05) is 24.3 Å². The molecule has 0 spiro atoms. The van der Waals surface area contributed by atoms with E-state index in [1.54, 1.807) is 24.3 Å². The maximum Gasteiger partial charge on any atom is 0.246 e. The zero-order valence-electron chi connectivity index (χ0n) is 24.2. The Balaban J connectivity index is 1.46. The number of nitrogens with one attached hydrogen (secondary N) is 2. The van der Waals surface area contributed by atoms with Crippen molar-refractivity contribution in [1.29, 1.82) is 0 Å². The Hall–Kier alpha value is -4.09. The van der Waals surface area contributed by atoms with Crippen LogP contribution in [0.25, 0.3) is 10.8 Å². The molecule has 0 bridgehead atoms. The lowest BCUT2D eigenvalue weighted by Crippen LogP contribution is -2.60. The third kappa shape index (κ3) is 8.48. The fourth-order valence-corrected chi connectivity index (χ4v) is 5.94. The molecule has 3 aromatic carbocycles. The highest BCUT2D eigenvalue weighted by Crippen LogP contribution is 2.22. The minimum Gasteiger partial charge on any atom is -0.496 e. The van der Waals surface area contributed by atoms with Crippen LogP contribution in [0.3, 0.4) is 0 Å². The lowest BCUT2D eigenvalue weighted by atomic mass is 9.98. The highest BCUT2D eigenvalue weighted by atomic mass is 32.2. The molecule has 3 atom stereocenters. The van der Waals surface area contributed by atoms with Crippen LogP contribution in [0.2, 0.25) is 0 Å². The van der Waals surface area contributed by atoms with Crippen molar-refractivity contribution in [1.82, 2.24) is 15.5 Å². The molecule has 3 aromatic rings. The van der Waals surface area contributed by atoms with E-state index >= 15 is 0 Å². The van der Waals surface area contributed by atoms with Crippen LogP contribution in [0.4, 0.5) is 0 Å². The molecule has 0 radical (unpaired) electrons. The summed E-state index contributed by atoms with van der Waals surface area (Å²) in [6.45, 7) is 0.325. The molecule has 1 fully saturated rings. The van der Waals surface area contributed by atoms with Gasteiger partial charge in [-0.15, -0.1) is 11.8 Å². The van der Waals surface area contributed by atoms with E-state index in [4.69, 9.17) is 10.5 Å². The molecule has 1 aliphatic heterocycles. The molecule has 43 heavy (non-hydrogen) atoms. The third-order valence-electron chi connectivity index (χ3n) is 7.55. The lowest BCUT2D eigenvalue weighted by Gasteiger charge is -2.37. The Morgan fingerprint density at radius 2 is 1.74 bits per heavy atom. The van der Waals surface area contributed by atoms with Gasteiger partial charge in [0.25, 0.3) is 0 Å². The second kappa shape index (κ2) is 15.4. The quantitative estimate of drug-likeness (QED) is 0.218. The summed E-state index contributed by atoms with van der Waals surface area (Å²) >= 11 is 1.10. The van der Waals surface area contributed by atoms with Crippen LogP contribution >= 0.6 is 11.8 Å². The van der Waals surface area contributed by atoms with Crippen molar-refractivity contribution >= 4 is 46.2 Å². The summed E-state index contributed by atoms with van der Waals surface area (Å²) in [6.07, 6.45) is 2.04. The Morgan fingerprint density at radius 3 is 2.49 bits per heavy atom. The van der Waals surface area contributed by atoms with E-state index in [0.717, 1.165) is 34.5 Å². The summed E-state index contributed by atoms with van der Waals surface area (Å²) in [5.41, 5.74) is 7.21. The van der Waals surface area contributed by atoms with E-state index in [2.05, 4.69) is 10.6 Å². The van der Waals surface area contributed by atoms with E-state index in [0.29, 0.717) is 30.7 Å². The van der Waals surface area contributed by atoms with Crippen molar-refractivity contribution in [3.8, 4) is 5.75 Å². The molecule has 0 aromatic heterocycles. The Bertz CT molecular complexity index is 1450. The number of thioether (sulfide) groups is 1. The second-order valence-electron chi connectivity index (χ2n) is 10.5. The first-order chi connectivity index (χ1) is 20.8. The number of hydrogen-bond donors (Lipinski definition) is 4. The molecule has 0 saturated carbocycles. The number of carbonyl (C=O) groups is 4. The van der Waals surface area contributed by atoms with Crippen molar-refractivity contribution in [2.45, 2.75) is 50.2 Å². The average molecular weight is 607 g/mol. The first-order valence-corrected chi connectivity index (χ1v) is 15.4. The number of amides is 4. The predicted molar refractivity (Wildman–Crippen MR) is 166 cm³/mol. The SMILES string of the molecule is COc1ccccc1CC(=O)N[C@@H](CSCO)C(=O)N1CCCC[C@H]1C(=O)N[C@@H](Cc1ccc2ccccc2c1)C(N)=O. The number of methoxy groups -OCH3 is 1. The van der Waals surface area contributed by atoms with Crippen LogP contribution in [0, 0.1) is 0 Å². The molecule has 1 saturated heterocycles. The Kier molecular flexibility index (Phi) is 11.4. The lowest BCUT2D eigenvalue weighted by molar-refractivity contribution is -0.145. The predicted octanol–water partition coefficient (Wildman–Crippen LogP) is 2.15. The molecule has 4 rings (SSSR count). The van der Waals surface area contributed by atoms with E-state index in [-0.39, 0.29) is 30.4 Å². The Morgan fingerprint density at radius 1 is 1.00 bits per heavy atom. The van der Waals surface area contributed by atoms with E-state index < -0.39 is 35.8 Å². The van der Waals surface area contributed by atoms with Gasteiger partial charge in [0.15, 0.2) is 0 Å². The molecule has 1 heterocycles. The summed E-state index contributed by atoms with van der Waals surface area (Å²) in [5.74, 6) is -1.48. The number of aliphatic hydroxyl groups is 1. The number of para-hydroxylation sites is 1. The van der Waals surface area contributed by atoms with Gasteiger partial charge >= 0.3 is 0 Å². The van der Waals surface area contributed by atoms with Gasteiger partial charge in [-0.2, -0.15) is 0 Å². The minimum absolute atomic E-state index is 0.00341. The van der Waals surface area contributed by atoms with E-state index in [9.17, 15) is 24.3 Å². The van der Waals surface area contributed by atoms with Gasteiger partial charge < -0.3 is 31.1 Å². The van der Waals surface area contributed by atoms with Gasteiger partial charge in [-0.1, -0.05) is 60.7 Å². The molecule has 0 aliphatic carbocycles. The number of ether oxygens (including phenoxy) is 1. The third-order valence-corrected chi connectivity index (χ3v) is 8.31. The van der Waals surface area contributed by atoms with Crippen LogP contribution in [0.15, 0.2) is 66.7 Å². The van der Waals surface area contributed by atoms with Crippen LogP contribution in [0.5, 0.6) is 5.75 Å². The summed E-state index contributed by atoms with van der Waals surface area (Å²) in [4.78, 5) is 54.2. The van der Waals surface area contributed by atoms with Crippen LogP contribution < -0.4 is 21.1 Å². The molecular formula is C32H38N4O6S. The summed E-state index contributed by atoms with van der Waals surface area (Å²) in [7, 11) is 1.52. The van der Waals surface area contributed by atoms with Gasteiger partial charge in [-0.25, -0.2) is 0 Å². The fourth-order valence-electron chi connectivity index (χ4n) is 5.37. The number of hydrogen-bond acceptors (Lipinski definition) is 7. The van der Waals surface area contributed by atoms with E-state index in [1.165, 1.54) is 12.0 Å². The average Bonchev–Trinajstić information content (AvgIpc) is 3.02. The molecule has 11 heteroatoms. The topological polar surface area (TPSA) is 151 Å². The number of nitrogens with zero attached hydrogens (tertiary/aromatic N) is 1. The van der Waals surface area contributed by atoms with Gasteiger partial charge in [0.2, 0.25) is 23.6 Å². The maximum absolute atomic E-state index is 13.8. The van der Waals surface area contributed by atoms with Crippen molar-refractivity contribution in [3.05, 3.63) is 77.9 Å². The van der Waals surface area contributed by atoms with Gasteiger partial charge in [0.1, 0.15) is 23.9 Å². The molecule has 10 nitrogen and oxygen atoms in total. The number of likely N-dealkylation sites (tertiary alicyclic amines) is 1. The first kappa shape index (κ1) is 31.8. The zero-order chi connectivity index (χ0) is 30.8. The number of fused-ring (bicyclic) bond motifs is 1. The second-order valence-corrected chi connectivity index (χ2v) is 11.5. The van der Waals surface area contributed by atoms with Crippen LogP contribution in [0.1, 0.15) is 30.4 Å². The highest BCUT2D eigenvalue weighted by molar-refractivity contribution is 7.99. The largest absolute Gasteiger partial charge is 0.496 e. The van der Waals surface area contributed by atoms with Crippen molar-refractivity contribution in [2.75, 3.05) is 25.3 Å².